The molecule has 2 saturated heterocycles. The predicted octanol–water partition coefficient (Wildman–Crippen LogP) is 3.42. The zero-order valence-electron chi connectivity index (χ0n) is 36.2. The van der Waals surface area contributed by atoms with Gasteiger partial charge >= 0.3 is 29.8 Å². The molecule has 0 aliphatic carbocycles. The van der Waals surface area contributed by atoms with Gasteiger partial charge in [0.2, 0.25) is 0 Å². The lowest BCUT2D eigenvalue weighted by Gasteiger charge is -2.52. The summed E-state index contributed by atoms with van der Waals surface area (Å²) in [5, 5.41) is -0.457. The molecule has 332 valence electrons. The fourth-order valence-electron chi connectivity index (χ4n) is 6.72. The van der Waals surface area contributed by atoms with E-state index >= 15 is 0 Å². The van der Waals surface area contributed by atoms with Crippen molar-refractivity contribution in [1.82, 2.24) is 4.90 Å². The number of imide groups is 1. The molecular weight excluding hydrogens is 807 g/mol. The first kappa shape index (κ1) is 48.1. The maximum absolute atomic E-state index is 14.1. The monoisotopic (exact) mass is 863 g/mol. The summed E-state index contributed by atoms with van der Waals surface area (Å²) in [4.78, 5) is 92.3. The number of carbonyl (C=O) groups is 7. The van der Waals surface area contributed by atoms with Crippen LogP contribution >= 0.6 is 0 Å². The zero-order valence-corrected chi connectivity index (χ0v) is 37.2. The molecule has 3 aliphatic rings. The molecule has 3 aliphatic heterocycles. The van der Waals surface area contributed by atoms with Crippen LogP contribution in [-0.2, 0) is 87.2 Å². The van der Waals surface area contributed by atoms with Crippen LogP contribution in [0.4, 0.5) is 0 Å². The minimum absolute atomic E-state index is 0.0797. The van der Waals surface area contributed by atoms with Gasteiger partial charge in [0.15, 0.2) is 45.3 Å². The fourth-order valence-corrected chi connectivity index (χ4v) is 7.85. The number of hydrogen-bond acceptors (Lipinski definition) is 17. The molecule has 1 aromatic carbocycles. The molecule has 0 saturated carbocycles. The predicted molar refractivity (Wildman–Crippen MR) is 209 cm³/mol. The molecular formula is C41H57NO17Si. The van der Waals surface area contributed by atoms with Gasteiger partial charge in [-0.25, -0.2) is 0 Å². The molecule has 0 N–H and O–H groups in total. The van der Waals surface area contributed by atoms with E-state index < -0.39 is 123 Å². The summed E-state index contributed by atoms with van der Waals surface area (Å²) >= 11 is 0. The van der Waals surface area contributed by atoms with Crippen molar-refractivity contribution in [3.05, 3.63) is 47.0 Å². The second-order valence-electron chi connectivity index (χ2n) is 16.4. The molecule has 10 atom stereocenters. The SMILES string of the molecule is CC(=O)OC[C@H]1O[C@@H](O[Si](C)(C)C(C)(C)C)[C@H](N2C(=O)C(C)=C(C)C2=O)[C@@H](O[C@@H]2O[C@H](COCc3ccccc3)[C@H](OC(C)=O)[C@H](OC(C)=O)[C@H]2OC(C)=O)[C@@H]1OC(C)=O. The minimum atomic E-state index is -2.90. The Labute approximate surface area is 350 Å². The van der Waals surface area contributed by atoms with E-state index in [9.17, 15) is 33.6 Å². The number of amides is 2. The Morgan fingerprint density at radius 3 is 1.62 bits per heavy atom. The van der Waals surface area contributed by atoms with Crippen LogP contribution in [0.25, 0.3) is 0 Å². The number of benzene rings is 1. The third-order valence-electron chi connectivity index (χ3n) is 10.7. The number of ether oxygens (including phenoxy) is 9. The van der Waals surface area contributed by atoms with Crippen molar-refractivity contribution < 1.29 is 80.6 Å². The highest BCUT2D eigenvalue weighted by atomic mass is 28.4. The van der Waals surface area contributed by atoms with E-state index in [-0.39, 0.29) is 24.4 Å². The Morgan fingerprint density at radius 2 is 1.12 bits per heavy atom. The van der Waals surface area contributed by atoms with E-state index in [1.807, 2.05) is 64.2 Å². The van der Waals surface area contributed by atoms with Crippen LogP contribution in [0.2, 0.25) is 18.1 Å². The van der Waals surface area contributed by atoms with Crippen LogP contribution in [0.5, 0.6) is 0 Å². The molecule has 18 nitrogen and oxygen atoms in total. The molecule has 4 rings (SSSR count). The van der Waals surface area contributed by atoms with Crippen molar-refractivity contribution in [3.8, 4) is 0 Å². The topological polar surface area (TPSA) is 215 Å². The van der Waals surface area contributed by atoms with Gasteiger partial charge in [-0.3, -0.25) is 38.5 Å². The lowest BCUT2D eigenvalue weighted by molar-refractivity contribution is -0.348. The summed E-state index contributed by atoms with van der Waals surface area (Å²) in [5.41, 5.74) is 1.04. The van der Waals surface area contributed by atoms with Gasteiger partial charge in [-0.05, 0) is 37.5 Å². The van der Waals surface area contributed by atoms with Gasteiger partial charge in [0.25, 0.3) is 11.8 Å². The molecule has 0 radical (unpaired) electrons. The molecule has 3 heterocycles. The number of carbonyl (C=O) groups excluding carboxylic acids is 7. The molecule has 2 amide bonds. The molecule has 0 aromatic heterocycles. The summed E-state index contributed by atoms with van der Waals surface area (Å²) in [6.45, 7) is 17.5. The van der Waals surface area contributed by atoms with Gasteiger partial charge in [-0.15, -0.1) is 0 Å². The van der Waals surface area contributed by atoms with Crippen molar-refractivity contribution in [1.29, 1.82) is 0 Å². The summed E-state index contributed by atoms with van der Waals surface area (Å²) in [6, 6.07) is 7.57. The second-order valence-corrected chi connectivity index (χ2v) is 21.1. The number of esters is 5. The maximum atomic E-state index is 14.1. The fraction of sp³-hybridized carbons (Fsp3) is 0.634. The third kappa shape index (κ3) is 11.6. The highest BCUT2D eigenvalue weighted by Crippen LogP contribution is 2.43. The molecule has 0 spiro atoms. The average molecular weight is 864 g/mol. The lowest BCUT2D eigenvalue weighted by atomic mass is 9.93. The van der Waals surface area contributed by atoms with E-state index in [4.69, 9.17) is 47.1 Å². The van der Waals surface area contributed by atoms with Gasteiger partial charge in [0.05, 0.1) is 13.2 Å². The van der Waals surface area contributed by atoms with Gasteiger partial charge in [0.1, 0.15) is 31.0 Å². The van der Waals surface area contributed by atoms with Gasteiger partial charge in [0, 0.05) is 45.8 Å². The zero-order chi connectivity index (χ0) is 44.9. The van der Waals surface area contributed by atoms with E-state index in [1.54, 1.807) is 0 Å². The number of rotatable bonds is 15. The maximum Gasteiger partial charge on any atom is 0.303 e. The van der Waals surface area contributed by atoms with E-state index in [2.05, 4.69) is 0 Å². The van der Waals surface area contributed by atoms with Crippen LogP contribution in [-0.4, -0.2) is 129 Å². The van der Waals surface area contributed by atoms with Crippen LogP contribution in [0.1, 0.15) is 74.8 Å². The summed E-state index contributed by atoms with van der Waals surface area (Å²) in [5.74, 6) is -5.52. The van der Waals surface area contributed by atoms with Gasteiger partial charge in [-0.2, -0.15) is 0 Å². The average Bonchev–Trinajstić information content (AvgIpc) is 3.31. The van der Waals surface area contributed by atoms with Crippen LogP contribution in [0.15, 0.2) is 41.5 Å². The molecule has 1 aromatic rings. The Morgan fingerprint density at radius 1 is 0.650 bits per heavy atom. The smallest absolute Gasteiger partial charge is 0.303 e. The largest absolute Gasteiger partial charge is 0.463 e. The van der Waals surface area contributed by atoms with E-state index in [0.717, 1.165) is 45.1 Å². The molecule has 0 bridgehead atoms. The van der Waals surface area contributed by atoms with Crippen molar-refractivity contribution in [2.75, 3.05) is 13.2 Å². The van der Waals surface area contributed by atoms with E-state index in [1.165, 1.54) is 13.8 Å². The van der Waals surface area contributed by atoms with Crippen molar-refractivity contribution in [3.63, 3.8) is 0 Å². The van der Waals surface area contributed by atoms with Crippen LogP contribution in [0, 0.1) is 0 Å². The van der Waals surface area contributed by atoms with Gasteiger partial charge in [-0.1, -0.05) is 51.1 Å². The molecule has 60 heavy (non-hydrogen) atoms. The van der Waals surface area contributed by atoms with Crippen molar-refractivity contribution >= 4 is 50.0 Å². The summed E-state index contributed by atoms with van der Waals surface area (Å²) < 4.78 is 60.8. The normalized spacial score (nSPS) is 28.6. The van der Waals surface area contributed by atoms with Crippen molar-refractivity contribution in [2.24, 2.45) is 0 Å². The van der Waals surface area contributed by atoms with Gasteiger partial charge < -0.3 is 47.1 Å². The first-order chi connectivity index (χ1) is 27.9. The first-order valence-electron chi connectivity index (χ1n) is 19.6. The minimum Gasteiger partial charge on any atom is -0.463 e. The Hall–Kier alpha value is -4.53. The highest BCUT2D eigenvalue weighted by Gasteiger charge is 2.61. The van der Waals surface area contributed by atoms with E-state index in [0.29, 0.717) is 0 Å². The standard InChI is InChI=1S/C41H57NO17Si/c1-21-22(2)38(49)42(37(21)48)31-34(32(52-24(4)44)30(20-51-23(3)43)56-39(31)59-60(11,12)41(8,9)10)58-40-36(55-27(7)47)35(54-26(6)46)33(53-25(5)45)29(57-40)19-50-18-28-16-14-13-15-17-28/h13-17,29-36,39-40H,18-20H2,1-12H3/t29-,30-,31-,32-,33+,34-,35+,36-,39+,40+/m1/s1. The summed E-state index contributed by atoms with van der Waals surface area (Å²) in [6.07, 6.45) is -13.8. The molecule has 0 unspecified atom stereocenters. The first-order valence-corrected chi connectivity index (χ1v) is 22.5. The van der Waals surface area contributed by atoms with Crippen molar-refractivity contribution in [2.45, 2.75) is 155 Å². The Balaban J connectivity index is 1.94. The Kier molecular flexibility index (Phi) is 16.0. The van der Waals surface area contributed by atoms with Crippen LogP contribution < -0.4 is 0 Å². The molecule has 2 fully saturated rings. The number of nitrogens with zero attached hydrogens (tertiary/aromatic N) is 1. The summed E-state index contributed by atoms with van der Waals surface area (Å²) in [7, 11) is -2.90. The third-order valence-corrected chi connectivity index (χ3v) is 15.1. The quantitative estimate of drug-likeness (QED) is 0.107. The number of hydrogen-bond donors (Lipinski definition) is 0. The lowest BCUT2D eigenvalue weighted by Crippen LogP contribution is -2.71. The Bertz CT molecular complexity index is 1780. The van der Waals surface area contributed by atoms with Crippen LogP contribution in [0.3, 0.4) is 0 Å². The molecule has 19 heteroatoms. The highest BCUT2D eigenvalue weighted by molar-refractivity contribution is 6.74. The second kappa shape index (κ2) is 19.9.